The highest BCUT2D eigenvalue weighted by Gasteiger charge is 2.17. The molecule has 0 radical (unpaired) electrons. The maximum absolute atomic E-state index is 12.3. The van der Waals surface area contributed by atoms with Crippen LogP contribution in [0, 0.1) is 13.8 Å². The Labute approximate surface area is 127 Å². The van der Waals surface area contributed by atoms with Crippen molar-refractivity contribution in [1.29, 1.82) is 0 Å². The lowest BCUT2D eigenvalue weighted by Crippen LogP contribution is -2.24. The van der Waals surface area contributed by atoms with Crippen LogP contribution in [0.1, 0.15) is 16.7 Å². The fourth-order valence-corrected chi connectivity index (χ4v) is 3.60. The molecule has 0 spiro atoms. The molecule has 0 atom stereocenters. The monoisotopic (exact) mass is 354 g/mol. The summed E-state index contributed by atoms with van der Waals surface area (Å²) in [4.78, 5) is 4.28. The van der Waals surface area contributed by atoms with Crippen LogP contribution in [0.2, 0.25) is 0 Å². The molecule has 2 rings (SSSR count). The first kappa shape index (κ1) is 15.2. The van der Waals surface area contributed by atoms with Gasteiger partial charge < -0.3 is 0 Å². The molecule has 6 heteroatoms. The van der Waals surface area contributed by atoms with Gasteiger partial charge in [-0.05, 0) is 48.7 Å². The zero-order chi connectivity index (χ0) is 14.8. The number of hydrogen-bond donors (Lipinski definition) is 1. The molecule has 4 nitrogen and oxygen atoms in total. The number of rotatable bonds is 4. The molecule has 0 saturated heterocycles. The Kier molecular flexibility index (Phi) is 4.57. The molecule has 20 heavy (non-hydrogen) atoms. The Morgan fingerprint density at radius 1 is 1.20 bits per heavy atom. The van der Waals surface area contributed by atoms with Crippen LogP contribution >= 0.6 is 15.9 Å². The number of sulfonamides is 1. The Bertz CT molecular complexity index is 730. The van der Waals surface area contributed by atoms with Crippen molar-refractivity contribution in [3.63, 3.8) is 0 Å². The van der Waals surface area contributed by atoms with E-state index in [9.17, 15) is 8.42 Å². The predicted molar refractivity (Wildman–Crippen MR) is 81.9 cm³/mol. The number of aromatic nitrogens is 1. The van der Waals surface area contributed by atoms with Crippen LogP contribution in [0.3, 0.4) is 0 Å². The third kappa shape index (κ3) is 3.45. The quantitative estimate of drug-likeness (QED) is 0.917. The van der Waals surface area contributed by atoms with Crippen molar-refractivity contribution in [3.05, 3.63) is 57.8 Å². The van der Waals surface area contributed by atoms with Gasteiger partial charge in [0.05, 0.1) is 4.90 Å². The summed E-state index contributed by atoms with van der Waals surface area (Å²) < 4.78 is 28.0. The molecule has 0 bridgehead atoms. The molecule has 1 aromatic carbocycles. The van der Waals surface area contributed by atoms with E-state index in [1.165, 1.54) is 0 Å². The minimum atomic E-state index is -3.53. The highest BCUT2D eigenvalue weighted by Crippen LogP contribution is 2.20. The molecular weight excluding hydrogens is 340 g/mol. The minimum absolute atomic E-state index is 0.253. The number of hydrogen-bond acceptors (Lipinski definition) is 3. The van der Waals surface area contributed by atoms with Gasteiger partial charge in [0.25, 0.3) is 0 Å². The summed E-state index contributed by atoms with van der Waals surface area (Å²) in [5.41, 5.74) is 2.59. The second-order valence-electron chi connectivity index (χ2n) is 4.54. The predicted octanol–water partition coefficient (Wildman–Crippen LogP) is 2.94. The van der Waals surface area contributed by atoms with Crippen LogP contribution in [0.25, 0.3) is 0 Å². The van der Waals surface area contributed by atoms with Gasteiger partial charge >= 0.3 is 0 Å². The number of halogens is 1. The standard InChI is InChI=1S/C14H15BrN2O2S/c1-10-3-4-13(15)7-14(10)20(18,19)17-9-12-5-6-16-8-11(12)2/h3-8,17H,9H2,1-2H3. The first-order chi connectivity index (χ1) is 9.40. The summed E-state index contributed by atoms with van der Waals surface area (Å²) in [6, 6.07) is 7.01. The average molecular weight is 355 g/mol. The largest absolute Gasteiger partial charge is 0.264 e. The van der Waals surface area contributed by atoms with E-state index in [-0.39, 0.29) is 6.54 Å². The molecule has 1 heterocycles. The van der Waals surface area contributed by atoms with Crippen LogP contribution in [-0.4, -0.2) is 13.4 Å². The number of aryl methyl sites for hydroxylation is 2. The van der Waals surface area contributed by atoms with Crippen molar-refractivity contribution in [3.8, 4) is 0 Å². The second-order valence-corrected chi connectivity index (χ2v) is 7.19. The summed E-state index contributed by atoms with van der Waals surface area (Å²) in [5.74, 6) is 0. The SMILES string of the molecule is Cc1cnccc1CNS(=O)(=O)c1cc(Br)ccc1C. The van der Waals surface area contributed by atoms with Crippen LogP contribution in [0.4, 0.5) is 0 Å². The molecule has 2 aromatic rings. The Morgan fingerprint density at radius 3 is 2.65 bits per heavy atom. The van der Waals surface area contributed by atoms with Crippen LogP contribution < -0.4 is 4.72 Å². The Morgan fingerprint density at radius 2 is 1.95 bits per heavy atom. The molecule has 0 aliphatic rings. The van der Waals surface area contributed by atoms with Crippen LogP contribution in [-0.2, 0) is 16.6 Å². The van der Waals surface area contributed by atoms with Gasteiger partial charge in [-0.1, -0.05) is 22.0 Å². The summed E-state index contributed by atoms with van der Waals surface area (Å²) in [5, 5.41) is 0. The van der Waals surface area contributed by atoms with Crippen LogP contribution in [0.15, 0.2) is 46.0 Å². The van der Waals surface area contributed by atoms with E-state index in [4.69, 9.17) is 0 Å². The molecule has 106 valence electrons. The maximum Gasteiger partial charge on any atom is 0.241 e. The van der Waals surface area contributed by atoms with Gasteiger partial charge in [-0.25, -0.2) is 13.1 Å². The topological polar surface area (TPSA) is 59.1 Å². The molecule has 1 aromatic heterocycles. The Balaban J connectivity index is 2.24. The lowest BCUT2D eigenvalue weighted by atomic mass is 10.2. The lowest BCUT2D eigenvalue weighted by Gasteiger charge is -2.11. The molecule has 0 aliphatic heterocycles. The normalized spacial score (nSPS) is 11.6. The number of nitrogens with one attached hydrogen (secondary N) is 1. The van der Waals surface area contributed by atoms with Gasteiger partial charge in [0.2, 0.25) is 10.0 Å². The Hall–Kier alpha value is -1.24. The van der Waals surface area contributed by atoms with Gasteiger partial charge in [-0.2, -0.15) is 0 Å². The second kappa shape index (κ2) is 6.03. The van der Waals surface area contributed by atoms with E-state index >= 15 is 0 Å². The van der Waals surface area contributed by atoms with E-state index < -0.39 is 10.0 Å². The molecule has 0 saturated carbocycles. The number of pyridine rings is 1. The van der Waals surface area contributed by atoms with Crippen molar-refractivity contribution < 1.29 is 8.42 Å². The third-order valence-corrected chi connectivity index (χ3v) is 5.07. The summed E-state index contributed by atoms with van der Waals surface area (Å²) in [6.45, 7) is 3.93. The zero-order valence-corrected chi connectivity index (χ0v) is 13.6. The smallest absolute Gasteiger partial charge is 0.241 e. The third-order valence-electron chi connectivity index (χ3n) is 3.03. The van der Waals surface area contributed by atoms with E-state index in [1.54, 1.807) is 31.5 Å². The summed E-state index contributed by atoms with van der Waals surface area (Å²) >= 11 is 3.30. The highest BCUT2D eigenvalue weighted by atomic mass is 79.9. The van der Waals surface area contributed by atoms with Gasteiger partial charge in [0.1, 0.15) is 0 Å². The first-order valence-corrected chi connectivity index (χ1v) is 8.33. The van der Waals surface area contributed by atoms with Crippen molar-refractivity contribution in [1.82, 2.24) is 9.71 Å². The summed E-state index contributed by atoms with van der Waals surface area (Å²) in [6.07, 6.45) is 3.37. The van der Waals surface area contributed by atoms with Crippen molar-refractivity contribution >= 4 is 26.0 Å². The molecule has 0 unspecified atom stereocenters. The van der Waals surface area contributed by atoms with E-state index in [0.29, 0.717) is 10.5 Å². The van der Waals surface area contributed by atoms with E-state index in [0.717, 1.165) is 15.6 Å². The van der Waals surface area contributed by atoms with Gasteiger partial charge in [0, 0.05) is 23.4 Å². The molecule has 1 N–H and O–H groups in total. The minimum Gasteiger partial charge on any atom is -0.264 e. The van der Waals surface area contributed by atoms with Gasteiger partial charge in [-0.15, -0.1) is 0 Å². The zero-order valence-electron chi connectivity index (χ0n) is 11.2. The summed E-state index contributed by atoms with van der Waals surface area (Å²) in [7, 11) is -3.53. The van der Waals surface area contributed by atoms with Crippen molar-refractivity contribution in [2.24, 2.45) is 0 Å². The molecular formula is C14H15BrN2O2S. The van der Waals surface area contributed by atoms with Crippen molar-refractivity contribution in [2.45, 2.75) is 25.3 Å². The molecule has 0 aliphatic carbocycles. The van der Waals surface area contributed by atoms with Gasteiger partial charge in [-0.3, -0.25) is 4.98 Å². The number of benzene rings is 1. The fraction of sp³-hybridized carbons (Fsp3) is 0.214. The fourth-order valence-electron chi connectivity index (χ4n) is 1.81. The lowest BCUT2D eigenvalue weighted by molar-refractivity contribution is 0.580. The maximum atomic E-state index is 12.3. The van der Waals surface area contributed by atoms with E-state index in [2.05, 4.69) is 25.6 Å². The van der Waals surface area contributed by atoms with Gasteiger partial charge in [0.15, 0.2) is 0 Å². The highest BCUT2D eigenvalue weighted by molar-refractivity contribution is 9.10. The molecule has 0 amide bonds. The van der Waals surface area contributed by atoms with Crippen molar-refractivity contribution in [2.75, 3.05) is 0 Å². The molecule has 0 fully saturated rings. The average Bonchev–Trinajstić information content (AvgIpc) is 2.40. The first-order valence-electron chi connectivity index (χ1n) is 6.05. The number of nitrogens with zero attached hydrogens (tertiary/aromatic N) is 1. The van der Waals surface area contributed by atoms with Crippen LogP contribution in [0.5, 0.6) is 0 Å². The van der Waals surface area contributed by atoms with E-state index in [1.807, 2.05) is 19.1 Å².